The molecule has 1 amide bonds. The molecule has 1 aliphatic rings. The average molecular weight is 484 g/mol. The zero-order valence-electron chi connectivity index (χ0n) is 20.1. The lowest BCUT2D eigenvalue weighted by molar-refractivity contribution is -0.132. The third kappa shape index (κ3) is 5.04. The van der Waals surface area contributed by atoms with Gasteiger partial charge in [-0.1, -0.05) is 0 Å². The molecule has 11 heteroatoms. The first-order valence-corrected chi connectivity index (χ1v) is 11.4. The zero-order chi connectivity index (χ0) is 25.1. The van der Waals surface area contributed by atoms with Crippen LogP contribution in [-0.2, 0) is 11.2 Å². The quantitative estimate of drug-likeness (QED) is 0.516. The van der Waals surface area contributed by atoms with Crippen LogP contribution in [0.5, 0.6) is 11.5 Å². The van der Waals surface area contributed by atoms with Crippen molar-refractivity contribution in [2.75, 3.05) is 44.5 Å². The highest BCUT2D eigenvalue weighted by Crippen LogP contribution is 2.37. The summed E-state index contributed by atoms with van der Waals surface area (Å²) in [6.45, 7) is 3.38. The van der Waals surface area contributed by atoms with Gasteiger partial charge in [-0.15, -0.1) is 0 Å². The predicted octanol–water partition coefficient (Wildman–Crippen LogP) is 1.76. The summed E-state index contributed by atoms with van der Waals surface area (Å²) in [7, 11) is 2.78. The molecular weight excluding hydrogens is 453 g/mol. The Morgan fingerprint density at radius 3 is 2.63 bits per heavy atom. The number of rotatable bonds is 7. The van der Waals surface area contributed by atoms with Gasteiger partial charge in [0.05, 0.1) is 14.2 Å². The van der Waals surface area contributed by atoms with Crippen LogP contribution in [0.2, 0.25) is 0 Å². The minimum absolute atomic E-state index is 0.000115. The standard InChI is InChI=1S/C24H30FN7O3/c1-14-13-31(19(33)11-16(26)10-15-4-6-28-7-5-15)8-9-32(14)24-29-21-17(23(27)30-24)12-18(34-2)22(35-3)20(21)25/h4-7,12,14,16H,8-11,13,26H2,1-3H3,(H2,27,29,30)/t14-,16-/m0/s1. The summed E-state index contributed by atoms with van der Waals surface area (Å²) >= 11 is 0. The van der Waals surface area contributed by atoms with E-state index in [4.69, 9.17) is 20.9 Å². The Hall–Kier alpha value is -3.73. The van der Waals surface area contributed by atoms with E-state index in [9.17, 15) is 4.79 Å². The molecule has 0 spiro atoms. The number of ether oxygens (including phenoxy) is 2. The number of nitrogens with two attached hydrogens (primary N) is 2. The maximum atomic E-state index is 15.1. The number of carbonyl (C=O) groups is 1. The number of methoxy groups -OCH3 is 2. The summed E-state index contributed by atoms with van der Waals surface area (Å²) < 4.78 is 25.5. The van der Waals surface area contributed by atoms with E-state index in [0.717, 1.165) is 5.56 Å². The normalized spacial score (nSPS) is 16.9. The molecule has 4 rings (SSSR count). The monoisotopic (exact) mass is 483 g/mol. The number of amides is 1. The number of fused-ring (bicyclic) bond motifs is 1. The highest BCUT2D eigenvalue weighted by molar-refractivity contribution is 5.92. The topological polar surface area (TPSA) is 133 Å². The van der Waals surface area contributed by atoms with Crippen LogP contribution in [0.3, 0.4) is 0 Å². The second-order valence-electron chi connectivity index (χ2n) is 8.64. The van der Waals surface area contributed by atoms with E-state index in [1.54, 1.807) is 23.4 Å². The molecule has 0 radical (unpaired) electrons. The second-order valence-corrected chi connectivity index (χ2v) is 8.64. The number of carbonyl (C=O) groups excluding carboxylic acids is 1. The third-order valence-corrected chi connectivity index (χ3v) is 6.21. The summed E-state index contributed by atoms with van der Waals surface area (Å²) in [4.78, 5) is 29.5. The summed E-state index contributed by atoms with van der Waals surface area (Å²) in [5.41, 5.74) is 13.5. The van der Waals surface area contributed by atoms with Gasteiger partial charge in [0, 0.05) is 55.9 Å². The van der Waals surface area contributed by atoms with E-state index < -0.39 is 5.82 Å². The van der Waals surface area contributed by atoms with Crippen molar-refractivity contribution >= 4 is 28.6 Å². The fourth-order valence-corrected chi connectivity index (χ4v) is 4.40. The van der Waals surface area contributed by atoms with Gasteiger partial charge in [0.15, 0.2) is 17.3 Å². The van der Waals surface area contributed by atoms with Crippen molar-refractivity contribution < 1.29 is 18.7 Å². The molecule has 186 valence electrons. The van der Waals surface area contributed by atoms with Crippen LogP contribution >= 0.6 is 0 Å². The molecular formula is C24H30FN7O3. The number of hydrogen-bond donors (Lipinski definition) is 2. The minimum atomic E-state index is -0.665. The van der Waals surface area contributed by atoms with Crippen LogP contribution in [0.4, 0.5) is 16.2 Å². The Morgan fingerprint density at radius 1 is 1.23 bits per heavy atom. The number of pyridine rings is 1. The summed E-state index contributed by atoms with van der Waals surface area (Å²) in [5.74, 6) is -0.0618. The lowest BCUT2D eigenvalue weighted by Gasteiger charge is -2.40. The zero-order valence-corrected chi connectivity index (χ0v) is 20.1. The largest absolute Gasteiger partial charge is 0.493 e. The van der Waals surface area contributed by atoms with Gasteiger partial charge in [0.25, 0.3) is 0 Å². The Bertz CT molecular complexity index is 1210. The van der Waals surface area contributed by atoms with Gasteiger partial charge in [-0.25, -0.2) is 9.37 Å². The second kappa shape index (κ2) is 10.3. The van der Waals surface area contributed by atoms with Crippen LogP contribution < -0.4 is 25.8 Å². The molecule has 1 aromatic carbocycles. The van der Waals surface area contributed by atoms with E-state index in [1.165, 1.54) is 14.2 Å². The first-order valence-electron chi connectivity index (χ1n) is 11.4. The van der Waals surface area contributed by atoms with Crippen LogP contribution in [-0.4, -0.2) is 71.7 Å². The molecule has 0 aliphatic carbocycles. The predicted molar refractivity (Wildman–Crippen MR) is 131 cm³/mol. The first-order chi connectivity index (χ1) is 16.8. The van der Waals surface area contributed by atoms with Crippen molar-refractivity contribution in [2.24, 2.45) is 5.73 Å². The average Bonchev–Trinajstić information content (AvgIpc) is 2.84. The molecule has 0 saturated carbocycles. The Labute approximate surface area is 203 Å². The number of anilines is 2. The molecule has 35 heavy (non-hydrogen) atoms. The van der Waals surface area contributed by atoms with Crippen LogP contribution in [0, 0.1) is 5.82 Å². The van der Waals surface area contributed by atoms with E-state index in [2.05, 4.69) is 15.0 Å². The van der Waals surface area contributed by atoms with Gasteiger partial charge >= 0.3 is 0 Å². The number of halogens is 1. The number of aromatic nitrogens is 3. The summed E-state index contributed by atoms with van der Waals surface area (Å²) in [6, 6.07) is 4.97. The highest BCUT2D eigenvalue weighted by Gasteiger charge is 2.30. The molecule has 2 atom stereocenters. The van der Waals surface area contributed by atoms with Crippen molar-refractivity contribution in [2.45, 2.75) is 31.8 Å². The fourth-order valence-electron chi connectivity index (χ4n) is 4.40. The van der Waals surface area contributed by atoms with Gasteiger partial charge in [0.2, 0.25) is 11.9 Å². The smallest absolute Gasteiger partial charge is 0.228 e. The SMILES string of the molecule is COc1cc2c(N)nc(N3CCN(C(=O)C[C@@H](N)Cc4ccncc4)C[C@@H]3C)nc2c(F)c1OC. The number of benzene rings is 1. The van der Waals surface area contributed by atoms with Crippen molar-refractivity contribution in [1.29, 1.82) is 0 Å². The Kier molecular flexibility index (Phi) is 7.15. The minimum Gasteiger partial charge on any atom is -0.493 e. The van der Waals surface area contributed by atoms with Crippen molar-refractivity contribution in [3.63, 3.8) is 0 Å². The number of piperazine rings is 1. The molecule has 10 nitrogen and oxygen atoms in total. The lowest BCUT2D eigenvalue weighted by atomic mass is 10.0. The third-order valence-electron chi connectivity index (χ3n) is 6.21. The van der Waals surface area contributed by atoms with E-state index in [0.29, 0.717) is 37.4 Å². The van der Waals surface area contributed by atoms with Crippen molar-refractivity contribution in [3.8, 4) is 11.5 Å². The molecule has 1 saturated heterocycles. The van der Waals surface area contributed by atoms with Crippen LogP contribution in [0.25, 0.3) is 10.9 Å². The molecule has 0 unspecified atom stereocenters. The van der Waals surface area contributed by atoms with E-state index in [1.807, 2.05) is 24.0 Å². The summed E-state index contributed by atoms with van der Waals surface area (Å²) in [5, 5.41) is 0.341. The Balaban J connectivity index is 1.47. The van der Waals surface area contributed by atoms with E-state index >= 15 is 4.39 Å². The molecule has 1 fully saturated rings. The lowest BCUT2D eigenvalue weighted by Crippen LogP contribution is -2.55. The maximum Gasteiger partial charge on any atom is 0.228 e. The van der Waals surface area contributed by atoms with Gasteiger partial charge in [-0.2, -0.15) is 4.98 Å². The van der Waals surface area contributed by atoms with Gasteiger partial charge in [0.1, 0.15) is 11.3 Å². The molecule has 2 aromatic heterocycles. The highest BCUT2D eigenvalue weighted by atomic mass is 19.1. The first kappa shape index (κ1) is 24.4. The molecule has 1 aliphatic heterocycles. The van der Waals surface area contributed by atoms with Crippen molar-refractivity contribution in [3.05, 3.63) is 42.0 Å². The van der Waals surface area contributed by atoms with Gasteiger partial charge in [-0.3, -0.25) is 9.78 Å². The fraction of sp³-hybridized carbons (Fsp3) is 0.417. The number of nitrogens with zero attached hydrogens (tertiary/aromatic N) is 5. The number of nitrogen functional groups attached to an aromatic ring is 1. The molecule has 3 heterocycles. The van der Waals surface area contributed by atoms with Gasteiger partial charge in [-0.05, 0) is 37.1 Å². The maximum absolute atomic E-state index is 15.1. The van der Waals surface area contributed by atoms with Crippen LogP contribution in [0.1, 0.15) is 18.9 Å². The van der Waals surface area contributed by atoms with Crippen LogP contribution in [0.15, 0.2) is 30.6 Å². The van der Waals surface area contributed by atoms with E-state index in [-0.39, 0.29) is 47.2 Å². The Morgan fingerprint density at radius 2 is 1.97 bits per heavy atom. The number of hydrogen-bond acceptors (Lipinski definition) is 9. The molecule has 0 bridgehead atoms. The molecule has 3 aromatic rings. The van der Waals surface area contributed by atoms with Crippen molar-refractivity contribution in [1.82, 2.24) is 19.9 Å². The summed E-state index contributed by atoms with van der Waals surface area (Å²) in [6.07, 6.45) is 4.28. The molecule has 4 N–H and O–H groups in total. The van der Waals surface area contributed by atoms with Gasteiger partial charge < -0.3 is 30.7 Å².